The monoisotopic (exact) mass is 422 g/mol. The van der Waals surface area contributed by atoms with Crippen LogP contribution in [0.15, 0.2) is 4.99 Å². The van der Waals surface area contributed by atoms with Crippen LogP contribution in [0, 0.1) is 5.92 Å². The summed E-state index contributed by atoms with van der Waals surface area (Å²) < 4.78 is 0. The zero-order valence-electron chi connectivity index (χ0n) is 14.4. The van der Waals surface area contributed by atoms with Crippen molar-refractivity contribution < 1.29 is 0 Å². The standard InChI is InChI=1S/C17H34N4.HI/c1-3-16-8-4-5-13-21(16)14-12-20-17(18-2)19-11-6-7-15-9-10-15;/h15-16H,3-14H2,1-2H3,(H2,18,19,20);1H. The van der Waals surface area contributed by atoms with E-state index in [2.05, 4.69) is 27.4 Å². The number of aliphatic imine (C=N–C) groups is 1. The molecule has 1 saturated carbocycles. The molecule has 1 aliphatic heterocycles. The van der Waals surface area contributed by atoms with E-state index in [-0.39, 0.29) is 24.0 Å². The van der Waals surface area contributed by atoms with Gasteiger partial charge in [-0.2, -0.15) is 0 Å². The first-order chi connectivity index (χ1) is 10.3. The SMILES string of the molecule is CCC1CCCCN1CCNC(=NC)NCCCC1CC1.I. The Morgan fingerprint density at radius 1 is 1.14 bits per heavy atom. The Labute approximate surface area is 153 Å². The third-order valence-corrected chi connectivity index (χ3v) is 4.91. The van der Waals surface area contributed by atoms with Gasteiger partial charge < -0.3 is 10.6 Å². The van der Waals surface area contributed by atoms with E-state index in [1.165, 1.54) is 57.9 Å². The van der Waals surface area contributed by atoms with E-state index in [4.69, 9.17) is 0 Å². The smallest absolute Gasteiger partial charge is 0.191 e. The average molecular weight is 422 g/mol. The Bertz CT molecular complexity index is 318. The number of piperidine rings is 1. The summed E-state index contributed by atoms with van der Waals surface area (Å²) >= 11 is 0. The number of likely N-dealkylation sites (tertiary alicyclic amines) is 1. The van der Waals surface area contributed by atoms with E-state index in [0.717, 1.165) is 37.6 Å². The molecule has 4 nitrogen and oxygen atoms in total. The fourth-order valence-electron chi connectivity index (χ4n) is 3.36. The second kappa shape index (κ2) is 11.5. The molecule has 2 aliphatic rings. The quantitative estimate of drug-likeness (QED) is 0.273. The van der Waals surface area contributed by atoms with E-state index in [1.54, 1.807) is 0 Å². The third kappa shape index (κ3) is 7.49. The second-order valence-electron chi connectivity index (χ2n) is 6.61. The lowest BCUT2D eigenvalue weighted by Crippen LogP contribution is -2.46. The van der Waals surface area contributed by atoms with Crippen molar-refractivity contribution >= 4 is 29.9 Å². The molecule has 0 aromatic carbocycles. The summed E-state index contributed by atoms with van der Waals surface area (Å²) in [5.41, 5.74) is 0. The molecule has 0 aromatic heterocycles. The van der Waals surface area contributed by atoms with Gasteiger partial charge in [0.15, 0.2) is 5.96 Å². The molecular weight excluding hydrogens is 387 g/mol. The Kier molecular flexibility index (Phi) is 10.4. The maximum Gasteiger partial charge on any atom is 0.191 e. The fraction of sp³-hybridized carbons (Fsp3) is 0.941. The molecule has 0 radical (unpaired) electrons. The van der Waals surface area contributed by atoms with Crippen molar-refractivity contribution in [2.24, 2.45) is 10.9 Å². The summed E-state index contributed by atoms with van der Waals surface area (Å²) in [6, 6.07) is 0.800. The summed E-state index contributed by atoms with van der Waals surface area (Å²) in [5, 5.41) is 6.90. The highest BCUT2D eigenvalue weighted by atomic mass is 127. The molecule has 2 fully saturated rings. The van der Waals surface area contributed by atoms with Crippen LogP contribution in [0.25, 0.3) is 0 Å². The lowest BCUT2D eigenvalue weighted by molar-refractivity contribution is 0.147. The molecular formula is C17H35IN4. The van der Waals surface area contributed by atoms with Crippen molar-refractivity contribution in [3.8, 4) is 0 Å². The molecule has 1 aliphatic carbocycles. The van der Waals surface area contributed by atoms with Crippen LogP contribution in [0.5, 0.6) is 0 Å². The fourth-order valence-corrected chi connectivity index (χ4v) is 3.36. The maximum absolute atomic E-state index is 4.32. The van der Waals surface area contributed by atoms with Gasteiger partial charge in [0.05, 0.1) is 0 Å². The minimum absolute atomic E-state index is 0. The van der Waals surface area contributed by atoms with Gasteiger partial charge in [-0.25, -0.2) is 0 Å². The molecule has 1 unspecified atom stereocenters. The van der Waals surface area contributed by atoms with E-state index >= 15 is 0 Å². The number of rotatable bonds is 8. The van der Waals surface area contributed by atoms with Gasteiger partial charge in [-0.1, -0.05) is 26.2 Å². The van der Waals surface area contributed by atoms with Crippen molar-refractivity contribution in [2.45, 2.75) is 64.3 Å². The Morgan fingerprint density at radius 2 is 1.91 bits per heavy atom. The summed E-state index contributed by atoms with van der Waals surface area (Å²) in [6.45, 7) is 6.78. The predicted molar refractivity (Wildman–Crippen MR) is 106 cm³/mol. The molecule has 1 atom stereocenters. The number of guanidine groups is 1. The van der Waals surface area contributed by atoms with Gasteiger partial charge in [-0.3, -0.25) is 9.89 Å². The van der Waals surface area contributed by atoms with Crippen molar-refractivity contribution in [3.63, 3.8) is 0 Å². The molecule has 1 saturated heterocycles. The van der Waals surface area contributed by atoms with Gasteiger partial charge in [0.25, 0.3) is 0 Å². The normalized spacial score (nSPS) is 23.0. The van der Waals surface area contributed by atoms with Crippen LogP contribution in [-0.4, -0.2) is 50.1 Å². The first-order valence-electron chi connectivity index (χ1n) is 9.02. The summed E-state index contributed by atoms with van der Waals surface area (Å²) in [6.07, 6.45) is 11.0. The zero-order valence-corrected chi connectivity index (χ0v) is 16.8. The zero-order chi connectivity index (χ0) is 14.9. The number of halogens is 1. The lowest BCUT2D eigenvalue weighted by Gasteiger charge is -2.35. The number of nitrogens with one attached hydrogen (secondary N) is 2. The van der Waals surface area contributed by atoms with Crippen molar-refractivity contribution in [3.05, 3.63) is 0 Å². The molecule has 2 N–H and O–H groups in total. The molecule has 1 heterocycles. The van der Waals surface area contributed by atoms with Gasteiger partial charge in [-0.05, 0) is 44.6 Å². The second-order valence-corrected chi connectivity index (χ2v) is 6.61. The highest BCUT2D eigenvalue weighted by molar-refractivity contribution is 14.0. The molecule has 5 heteroatoms. The van der Waals surface area contributed by atoms with Gasteiger partial charge in [0, 0.05) is 32.7 Å². The van der Waals surface area contributed by atoms with E-state index < -0.39 is 0 Å². The minimum Gasteiger partial charge on any atom is -0.356 e. The van der Waals surface area contributed by atoms with Gasteiger partial charge in [0.2, 0.25) is 0 Å². The predicted octanol–water partition coefficient (Wildman–Crippen LogP) is 3.22. The molecule has 0 aromatic rings. The topological polar surface area (TPSA) is 39.7 Å². The van der Waals surface area contributed by atoms with E-state index in [0.29, 0.717) is 0 Å². The molecule has 130 valence electrons. The summed E-state index contributed by atoms with van der Waals surface area (Å²) in [7, 11) is 1.87. The van der Waals surface area contributed by atoms with E-state index in [1.807, 2.05) is 7.05 Å². The summed E-state index contributed by atoms with van der Waals surface area (Å²) in [5.74, 6) is 2.00. The third-order valence-electron chi connectivity index (χ3n) is 4.91. The molecule has 0 spiro atoms. The largest absolute Gasteiger partial charge is 0.356 e. The molecule has 2 rings (SSSR count). The highest BCUT2D eigenvalue weighted by Crippen LogP contribution is 2.33. The van der Waals surface area contributed by atoms with Crippen LogP contribution >= 0.6 is 24.0 Å². The Balaban J connectivity index is 0.00000242. The van der Waals surface area contributed by atoms with Crippen molar-refractivity contribution in [2.75, 3.05) is 33.2 Å². The van der Waals surface area contributed by atoms with Crippen LogP contribution in [0.3, 0.4) is 0 Å². The van der Waals surface area contributed by atoms with Gasteiger partial charge in [-0.15, -0.1) is 24.0 Å². The minimum atomic E-state index is 0. The van der Waals surface area contributed by atoms with Gasteiger partial charge in [0.1, 0.15) is 0 Å². The Morgan fingerprint density at radius 3 is 2.59 bits per heavy atom. The van der Waals surface area contributed by atoms with Crippen molar-refractivity contribution in [1.29, 1.82) is 0 Å². The van der Waals surface area contributed by atoms with Crippen molar-refractivity contribution in [1.82, 2.24) is 15.5 Å². The summed E-state index contributed by atoms with van der Waals surface area (Å²) in [4.78, 5) is 6.97. The van der Waals surface area contributed by atoms with Gasteiger partial charge >= 0.3 is 0 Å². The number of hydrogen-bond acceptors (Lipinski definition) is 2. The number of nitrogens with zero attached hydrogens (tertiary/aromatic N) is 2. The van der Waals surface area contributed by atoms with Crippen LogP contribution in [0.1, 0.15) is 58.3 Å². The average Bonchev–Trinajstić information content (AvgIpc) is 3.34. The number of hydrogen-bond donors (Lipinski definition) is 2. The van der Waals surface area contributed by atoms with Crippen LogP contribution in [-0.2, 0) is 0 Å². The van der Waals surface area contributed by atoms with Crippen LogP contribution in [0.4, 0.5) is 0 Å². The van der Waals surface area contributed by atoms with Crippen LogP contribution < -0.4 is 10.6 Å². The first kappa shape index (κ1) is 20.0. The molecule has 0 amide bonds. The molecule has 22 heavy (non-hydrogen) atoms. The van der Waals surface area contributed by atoms with E-state index in [9.17, 15) is 0 Å². The molecule has 0 bridgehead atoms. The maximum atomic E-state index is 4.32. The Hall–Kier alpha value is -0.0400. The lowest BCUT2D eigenvalue weighted by atomic mass is 10.0. The highest BCUT2D eigenvalue weighted by Gasteiger charge is 2.20. The van der Waals surface area contributed by atoms with Crippen LogP contribution in [0.2, 0.25) is 0 Å². The first-order valence-corrected chi connectivity index (χ1v) is 9.02.